The first kappa shape index (κ1) is 20.2. The Balaban J connectivity index is 1.90. The smallest absolute Gasteiger partial charge is 0.244 e. The molecule has 2 aromatic carbocycles. The molecule has 0 fully saturated rings. The van der Waals surface area contributed by atoms with Gasteiger partial charge in [-0.05, 0) is 42.8 Å². The van der Waals surface area contributed by atoms with Crippen LogP contribution in [0.25, 0.3) is 6.08 Å². The van der Waals surface area contributed by atoms with Crippen LogP contribution in [0.2, 0.25) is 0 Å². The SMILES string of the molecule is COc1ccc(C)cc1/C=C/C(=O)NCc1ccc(NC(=O)C(C)C)cc1. The lowest BCUT2D eigenvalue weighted by molar-refractivity contribution is -0.119. The van der Waals surface area contributed by atoms with Crippen LogP contribution in [-0.4, -0.2) is 18.9 Å². The molecule has 27 heavy (non-hydrogen) atoms. The first-order valence-electron chi connectivity index (χ1n) is 8.89. The van der Waals surface area contributed by atoms with Gasteiger partial charge >= 0.3 is 0 Å². The average molecular weight is 366 g/mol. The van der Waals surface area contributed by atoms with Gasteiger partial charge in [-0.2, -0.15) is 0 Å². The zero-order valence-electron chi connectivity index (χ0n) is 16.2. The largest absolute Gasteiger partial charge is 0.496 e. The molecule has 0 spiro atoms. The Morgan fingerprint density at radius 2 is 1.81 bits per heavy atom. The van der Waals surface area contributed by atoms with E-state index in [0.717, 1.165) is 28.1 Å². The number of nitrogens with one attached hydrogen (secondary N) is 2. The number of carbonyl (C=O) groups excluding carboxylic acids is 2. The van der Waals surface area contributed by atoms with Gasteiger partial charge < -0.3 is 15.4 Å². The molecule has 0 aliphatic rings. The van der Waals surface area contributed by atoms with E-state index in [1.165, 1.54) is 6.08 Å². The van der Waals surface area contributed by atoms with E-state index in [0.29, 0.717) is 6.54 Å². The Hall–Kier alpha value is -3.08. The number of ether oxygens (including phenoxy) is 1. The maximum absolute atomic E-state index is 12.1. The van der Waals surface area contributed by atoms with E-state index >= 15 is 0 Å². The molecular formula is C22H26N2O3. The van der Waals surface area contributed by atoms with E-state index in [9.17, 15) is 9.59 Å². The number of aryl methyl sites for hydroxylation is 1. The fourth-order valence-electron chi connectivity index (χ4n) is 2.39. The fourth-order valence-corrected chi connectivity index (χ4v) is 2.39. The number of anilines is 1. The molecule has 0 radical (unpaired) electrons. The maximum atomic E-state index is 12.1. The molecule has 5 heteroatoms. The Morgan fingerprint density at radius 3 is 2.44 bits per heavy atom. The Kier molecular flexibility index (Phi) is 7.17. The van der Waals surface area contributed by atoms with Crippen molar-refractivity contribution in [3.05, 3.63) is 65.2 Å². The van der Waals surface area contributed by atoms with Crippen molar-refractivity contribution < 1.29 is 14.3 Å². The lowest BCUT2D eigenvalue weighted by atomic mass is 10.1. The summed E-state index contributed by atoms with van der Waals surface area (Å²) in [7, 11) is 1.61. The molecule has 0 bridgehead atoms. The highest BCUT2D eigenvalue weighted by molar-refractivity contribution is 5.92. The topological polar surface area (TPSA) is 67.4 Å². The summed E-state index contributed by atoms with van der Waals surface area (Å²) >= 11 is 0. The van der Waals surface area contributed by atoms with E-state index in [1.807, 2.05) is 63.2 Å². The first-order valence-corrected chi connectivity index (χ1v) is 8.89. The van der Waals surface area contributed by atoms with Crippen LogP contribution in [0.5, 0.6) is 5.75 Å². The van der Waals surface area contributed by atoms with E-state index in [4.69, 9.17) is 4.74 Å². The monoisotopic (exact) mass is 366 g/mol. The van der Waals surface area contributed by atoms with Crippen LogP contribution in [0.4, 0.5) is 5.69 Å². The van der Waals surface area contributed by atoms with E-state index < -0.39 is 0 Å². The van der Waals surface area contributed by atoms with Gasteiger partial charge in [0.05, 0.1) is 7.11 Å². The number of hydrogen-bond acceptors (Lipinski definition) is 3. The minimum Gasteiger partial charge on any atom is -0.496 e. The third-order valence-corrected chi connectivity index (χ3v) is 4.01. The maximum Gasteiger partial charge on any atom is 0.244 e. The molecule has 0 saturated heterocycles. The minimum absolute atomic E-state index is 0.0206. The van der Waals surface area contributed by atoms with E-state index in [-0.39, 0.29) is 17.7 Å². The van der Waals surface area contributed by atoms with Crippen LogP contribution in [-0.2, 0) is 16.1 Å². The third kappa shape index (κ3) is 6.29. The summed E-state index contributed by atoms with van der Waals surface area (Å²) < 4.78 is 5.30. The molecule has 5 nitrogen and oxygen atoms in total. The van der Waals surface area contributed by atoms with Crippen molar-refractivity contribution in [2.45, 2.75) is 27.3 Å². The number of methoxy groups -OCH3 is 1. The standard InChI is InChI=1S/C22H26N2O3/c1-15(2)22(26)24-19-9-6-17(7-10-19)14-23-21(25)12-8-18-13-16(3)5-11-20(18)27-4/h5-13,15H,14H2,1-4H3,(H,23,25)(H,24,26)/b12-8+. The Bertz CT molecular complexity index is 824. The molecule has 0 aromatic heterocycles. The number of carbonyl (C=O) groups is 2. The zero-order valence-corrected chi connectivity index (χ0v) is 16.2. The summed E-state index contributed by atoms with van der Waals surface area (Å²) in [5.41, 5.74) is 3.65. The molecule has 2 aromatic rings. The van der Waals surface area contributed by atoms with Crippen molar-refractivity contribution in [3.8, 4) is 5.75 Å². The highest BCUT2D eigenvalue weighted by Crippen LogP contribution is 2.20. The Labute approximate surface area is 160 Å². The summed E-state index contributed by atoms with van der Waals surface area (Å²) in [6.07, 6.45) is 3.24. The number of rotatable bonds is 7. The van der Waals surface area contributed by atoms with Crippen LogP contribution in [0, 0.1) is 12.8 Å². The molecule has 0 atom stereocenters. The second-order valence-electron chi connectivity index (χ2n) is 6.64. The second-order valence-corrected chi connectivity index (χ2v) is 6.64. The van der Waals surface area contributed by atoms with Crippen molar-refractivity contribution >= 4 is 23.6 Å². The van der Waals surface area contributed by atoms with Gasteiger partial charge in [-0.25, -0.2) is 0 Å². The summed E-state index contributed by atoms with van der Waals surface area (Å²) in [6.45, 7) is 6.09. The van der Waals surface area contributed by atoms with Crippen molar-refractivity contribution in [2.75, 3.05) is 12.4 Å². The van der Waals surface area contributed by atoms with Gasteiger partial charge in [0.2, 0.25) is 11.8 Å². The molecule has 2 N–H and O–H groups in total. The number of hydrogen-bond donors (Lipinski definition) is 2. The summed E-state index contributed by atoms with van der Waals surface area (Å²) in [4.78, 5) is 23.7. The molecule has 2 rings (SSSR count). The van der Waals surface area contributed by atoms with Crippen LogP contribution in [0.15, 0.2) is 48.5 Å². The predicted molar refractivity (Wildman–Crippen MR) is 109 cm³/mol. The van der Waals surface area contributed by atoms with Gasteiger partial charge in [0.25, 0.3) is 0 Å². The van der Waals surface area contributed by atoms with Gasteiger partial charge in [0.15, 0.2) is 0 Å². The fraction of sp³-hybridized carbons (Fsp3) is 0.273. The summed E-state index contributed by atoms with van der Waals surface area (Å²) in [5.74, 6) is 0.454. The molecule has 0 saturated carbocycles. The second kappa shape index (κ2) is 9.57. The molecule has 2 amide bonds. The normalized spacial score (nSPS) is 10.9. The molecular weight excluding hydrogens is 340 g/mol. The lowest BCUT2D eigenvalue weighted by Crippen LogP contribution is -2.20. The highest BCUT2D eigenvalue weighted by atomic mass is 16.5. The van der Waals surface area contributed by atoms with Gasteiger partial charge in [-0.1, -0.05) is 37.6 Å². The highest BCUT2D eigenvalue weighted by Gasteiger charge is 2.07. The summed E-state index contributed by atoms with van der Waals surface area (Å²) in [5, 5.41) is 5.68. The average Bonchev–Trinajstić information content (AvgIpc) is 2.65. The predicted octanol–water partition coefficient (Wildman–Crippen LogP) is 3.93. The van der Waals surface area contributed by atoms with Crippen LogP contribution >= 0.6 is 0 Å². The molecule has 0 aliphatic carbocycles. The van der Waals surface area contributed by atoms with E-state index in [1.54, 1.807) is 13.2 Å². The molecule has 142 valence electrons. The van der Waals surface area contributed by atoms with Crippen LogP contribution in [0.1, 0.15) is 30.5 Å². The number of benzene rings is 2. The van der Waals surface area contributed by atoms with Crippen LogP contribution in [0.3, 0.4) is 0 Å². The molecule has 0 heterocycles. The van der Waals surface area contributed by atoms with Crippen molar-refractivity contribution in [1.29, 1.82) is 0 Å². The first-order chi connectivity index (χ1) is 12.9. The quantitative estimate of drug-likeness (QED) is 0.730. The van der Waals surface area contributed by atoms with Gasteiger partial charge in [0, 0.05) is 29.8 Å². The Morgan fingerprint density at radius 1 is 1.11 bits per heavy atom. The van der Waals surface area contributed by atoms with Crippen LogP contribution < -0.4 is 15.4 Å². The molecule has 0 unspecified atom stereocenters. The summed E-state index contributed by atoms with van der Waals surface area (Å²) in [6, 6.07) is 13.2. The zero-order chi connectivity index (χ0) is 19.8. The van der Waals surface area contributed by atoms with Crippen molar-refractivity contribution in [1.82, 2.24) is 5.32 Å². The number of amides is 2. The minimum atomic E-state index is -0.184. The molecule has 0 aliphatic heterocycles. The van der Waals surface area contributed by atoms with Crippen molar-refractivity contribution in [3.63, 3.8) is 0 Å². The van der Waals surface area contributed by atoms with E-state index in [2.05, 4.69) is 10.6 Å². The van der Waals surface area contributed by atoms with Crippen molar-refractivity contribution in [2.24, 2.45) is 5.92 Å². The lowest BCUT2D eigenvalue weighted by Gasteiger charge is -2.09. The van der Waals surface area contributed by atoms with Gasteiger partial charge in [-0.15, -0.1) is 0 Å². The third-order valence-electron chi connectivity index (χ3n) is 4.01. The van der Waals surface area contributed by atoms with Gasteiger partial charge in [-0.3, -0.25) is 9.59 Å². The van der Waals surface area contributed by atoms with Gasteiger partial charge in [0.1, 0.15) is 5.75 Å².